The normalized spacial score (nSPS) is 14.7. The monoisotopic (exact) mass is 228 g/mol. The standard InChI is InChI=1S/C10H16N2O2S/c1-6-5-15-9(11-6)7(2)12-8(3)10(13)14-4/h5,7-8,12H,1-4H3. The number of hydrogen-bond donors (Lipinski definition) is 1. The van der Waals surface area contributed by atoms with Crippen molar-refractivity contribution >= 4 is 17.3 Å². The van der Waals surface area contributed by atoms with E-state index in [2.05, 4.69) is 15.0 Å². The van der Waals surface area contributed by atoms with Crippen molar-refractivity contribution in [3.8, 4) is 0 Å². The van der Waals surface area contributed by atoms with Crippen molar-refractivity contribution in [3.05, 3.63) is 16.1 Å². The Morgan fingerprint density at radius 1 is 1.60 bits per heavy atom. The van der Waals surface area contributed by atoms with Crippen molar-refractivity contribution in [1.29, 1.82) is 0 Å². The molecule has 0 aliphatic rings. The summed E-state index contributed by atoms with van der Waals surface area (Å²) >= 11 is 1.59. The highest BCUT2D eigenvalue weighted by molar-refractivity contribution is 7.09. The van der Waals surface area contributed by atoms with Gasteiger partial charge in [0.15, 0.2) is 0 Å². The molecule has 2 unspecified atom stereocenters. The number of rotatable bonds is 4. The minimum absolute atomic E-state index is 0.0674. The smallest absolute Gasteiger partial charge is 0.322 e. The van der Waals surface area contributed by atoms with Gasteiger partial charge in [-0.3, -0.25) is 10.1 Å². The van der Waals surface area contributed by atoms with Crippen LogP contribution in [0.5, 0.6) is 0 Å². The molecule has 1 N–H and O–H groups in total. The van der Waals surface area contributed by atoms with E-state index in [-0.39, 0.29) is 18.1 Å². The zero-order chi connectivity index (χ0) is 11.4. The van der Waals surface area contributed by atoms with Crippen LogP contribution in [-0.2, 0) is 9.53 Å². The second kappa shape index (κ2) is 5.23. The van der Waals surface area contributed by atoms with Crippen LogP contribution >= 0.6 is 11.3 Å². The lowest BCUT2D eigenvalue weighted by atomic mass is 10.2. The molecule has 0 saturated heterocycles. The van der Waals surface area contributed by atoms with Crippen molar-refractivity contribution in [3.63, 3.8) is 0 Å². The van der Waals surface area contributed by atoms with Crippen molar-refractivity contribution < 1.29 is 9.53 Å². The fourth-order valence-corrected chi connectivity index (χ4v) is 2.08. The second-order valence-electron chi connectivity index (χ2n) is 3.46. The van der Waals surface area contributed by atoms with Crippen molar-refractivity contribution in [2.45, 2.75) is 32.9 Å². The zero-order valence-electron chi connectivity index (χ0n) is 9.40. The van der Waals surface area contributed by atoms with Crippen LogP contribution in [-0.4, -0.2) is 24.1 Å². The van der Waals surface area contributed by atoms with Gasteiger partial charge in [-0.25, -0.2) is 4.98 Å². The predicted octanol–water partition coefficient (Wildman–Crippen LogP) is 1.66. The topological polar surface area (TPSA) is 51.2 Å². The first kappa shape index (κ1) is 12.1. The molecule has 0 bridgehead atoms. The molecular weight excluding hydrogens is 212 g/mol. The molecule has 0 aliphatic carbocycles. The molecule has 0 amide bonds. The number of carbonyl (C=O) groups excluding carboxylic acids is 1. The van der Waals surface area contributed by atoms with E-state index in [1.165, 1.54) is 7.11 Å². The van der Waals surface area contributed by atoms with Gasteiger partial charge in [-0.2, -0.15) is 0 Å². The number of nitrogens with one attached hydrogen (secondary N) is 1. The number of esters is 1. The maximum absolute atomic E-state index is 11.2. The fourth-order valence-electron chi connectivity index (χ4n) is 1.26. The van der Waals surface area contributed by atoms with E-state index in [0.717, 1.165) is 10.7 Å². The van der Waals surface area contributed by atoms with Gasteiger partial charge in [0, 0.05) is 11.1 Å². The summed E-state index contributed by atoms with van der Waals surface area (Å²) in [6.45, 7) is 5.72. The van der Waals surface area contributed by atoms with Crippen LogP contribution < -0.4 is 5.32 Å². The third-order valence-corrected chi connectivity index (χ3v) is 3.21. The number of nitrogens with zero attached hydrogens (tertiary/aromatic N) is 1. The molecule has 1 aromatic rings. The first-order valence-electron chi connectivity index (χ1n) is 4.80. The number of thiazole rings is 1. The lowest BCUT2D eigenvalue weighted by Gasteiger charge is -2.16. The molecule has 4 nitrogen and oxygen atoms in total. The van der Waals surface area contributed by atoms with Gasteiger partial charge >= 0.3 is 5.97 Å². The van der Waals surface area contributed by atoms with Crippen LogP contribution in [0.25, 0.3) is 0 Å². The Hall–Kier alpha value is -0.940. The second-order valence-corrected chi connectivity index (χ2v) is 4.35. The summed E-state index contributed by atoms with van der Waals surface area (Å²) < 4.78 is 4.64. The first-order chi connectivity index (χ1) is 7.04. The van der Waals surface area contributed by atoms with Crippen LogP contribution in [0.15, 0.2) is 5.38 Å². The molecule has 1 aromatic heterocycles. The summed E-state index contributed by atoms with van der Waals surface area (Å²) in [6, 6.07) is -0.244. The fraction of sp³-hybridized carbons (Fsp3) is 0.600. The Bertz CT molecular complexity index is 338. The largest absolute Gasteiger partial charge is 0.468 e. The average molecular weight is 228 g/mol. The third-order valence-electron chi connectivity index (χ3n) is 2.06. The summed E-state index contributed by atoms with van der Waals surface area (Å²) in [5.74, 6) is -0.255. The molecular formula is C10H16N2O2S. The molecule has 1 rings (SSSR count). The molecule has 0 fully saturated rings. The van der Waals surface area contributed by atoms with Gasteiger partial charge in [-0.1, -0.05) is 0 Å². The van der Waals surface area contributed by atoms with E-state index in [1.807, 2.05) is 19.2 Å². The van der Waals surface area contributed by atoms with E-state index in [9.17, 15) is 4.79 Å². The van der Waals surface area contributed by atoms with Crippen molar-refractivity contribution in [2.24, 2.45) is 0 Å². The first-order valence-corrected chi connectivity index (χ1v) is 5.68. The van der Waals surface area contributed by atoms with Gasteiger partial charge in [0.05, 0.1) is 13.2 Å². The average Bonchev–Trinajstić information content (AvgIpc) is 2.63. The van der Waals surface area contributed by atoms with E-state index >= 15 is 0 Å². The van der Waals surface area contributed by atoms with Crippen LogP contribution in [0.1, 0.15) is 30.6 Å². The number of aryl methyl sites for hydroxylation is 1. The minimum atomic E-state index is -0.311. The van der Waals surface area contributed by atoms with Gasteiger partial charge < -0.3 is 4.74 Å². The Labute approximate surface area is 93.7 Å². The molecule has 2 atom stereocenters. The zero-order valence-corrected chi connectivity index (χ0v) is 10.2. The third kappa shape index (κ3) is 3.28. The number of carbonyl (C=O) groups is 1. The maximum Gasteiger partial charge on any atom is 0.322 e. The van der Waals surface area contributed by atoms with Gasteiger partial charge in [0.2, 0.25) is 0 Å². The summed E-state index contributed by atoms with van der Waals surface area (Å²) in [7, 11) is 1.39. The Morgan fingerprint density at radius 3 is 2.73 bits per heavy atom. The van der Waals surface area contributed by atoms with Crippen molar-refractivity contribution in [1.82, 2.24) is 10.3 Å². The van der Waals surface area contributed by atoms with E-state index in [1.54, 1.807) is 18.3 Å². The highest BCUT2D eigenvalue weighted by Gasteiger charge is 2.17. The number of ether oxygens (including phenoxy) is 1. The van der Waals surface area contributed by atoms with Crippen molar-refractivity contribution in [2.75, 3.05) is 7.11 Å². The molecule has 5 heteroatoms. The van der Waals surface area contributed by atoms with Crippen LogP contribution in [0.4, 0.5) is 0 Å². The Kier molecular flexibility index (Phi) is 4.23. The molecule has 0 saturated carbocycles. The summed E-state index contributed by atoms with van der Waals surface area (Å²) in [6.07, 6.45) is 0. The molecule has 0 spiro atoms. The summed E-state index contributed by atoms with van der Waals surface area (Å²) in [5, 5.41) is 6.12. The minimum Gasteiger partial charge on any atom is -0.468 e. The van der Waals surface area contributed by atoms with Crippen LogP contribution in [0, 0.1) is 6.92 Å². The van der Waals surface area contributed by atoms with E-state index in [0.29, 0.717) is 0 Å². The van der Waals surface area contributed by atoms with Gasteiger partial charge in [-0.15, -0.1) is 11.3 Å². The lowest BCUT2D eigenvalue weighted by molar-refractivity contribution is -0.142. The predicted molar refractivity (Wildman–Crippen MR) is 59.9 cm³/mol. The Morgan fingerprint density at radius 2 is 2.27 bits per heavy atom. The van der Waals surface area contributed by atoms with Gasteiger partial charge in [0.1, 0.15) is 11.0 Å². The van der Waals surface area contributed by atoms with E-state index < -0.39 is 0 Å². The highest BCUT2D eigenvalue weighted by Crippen LogP contribution is 2.17. The van der Waals surface area contributed by atoms with Crippen LogP contribution in [0.3, 0.4) is 0 Å². The number of aromatic nitrogens is 1. The van der Waals surface area contributed by atoms with Gasteiger partial charge in [-0.05, 0) is 20.8 Å². The summed E-state index contributed by atoms with van der Waals surface area (Å²) in [4.78, 5) is 15.5. The maximum atomic E-state index is 11.2. The number of hydrogen-bond acceptors (Lipinski definition) is 5. The summed E-state index contributed by atoms with van der Waals surface area (Å²) in [5.41, 5.74) is 1.01. The highest BCUT2D eigenvalue weighted by atomic mass is 32.1. The molecule has 84 valence electrons. The number of methoxy groups -OCH3 is 1. The Balaban J connectivity index is 2.55. The van der Waals surface area contributed by atoms with Crippen LogP contribution in [0.2, 0.25) is 0 Å². The lowest BCUT2D eigenvalue weighted by Crippen LogP contribution is -2.36. The van der Waals surface area contributed by atoms with Gasteiger partial charge in [0.25, 0.3) is 0 Å². The molecule has 0 aromatic carbocycles. The van der Waals surface area contributed by atoms with E-state index in [4.69, 9.17) is 0 Å². The SMILES string of the molecule is COC(=O)C(C)NC(C)c1nc(C)cs1. The molecule has 0 aliphatic heterocycles. The molecule has 15 heavy (non-hydrogen) atoms. The molecule has 1 heterocycles. The quantitative estimate of drug-likeness (QED) is 0.796. The molecule has 0 radical (unpaired) electrons.